The maximum Gasteiger partial charge on any atom is 0.258 e. The number of para-hydroxylation sites is 2. The van der Waals surface area contributed by atoms with Crippen molar-refractivity contribution in [3.63, 3.8) is 0 Å². The Balaban J connectivity index is 1.30. The second kappa shape index (κ2) is 7.59. The minimum atomic E-state index is -0.169. The summed E-state index contributed by atoms with van der Waals surface area (Å²) in [6, 6.07) is 15.2. The predicted molar refractivity (Wildman–Crippen MR) is 114 cm³/mol. The molecule has 154 valence electrons. The Bertz CT molecular complexity index is 1150. The summed E-state index contributed by atoms with van der Waals surface area (Å²) in [4.78, 5) is 32.3. The van der Waals surface area contributed by atoms with Crippen molar-refractivity contribution in [2.24, 2.45) is 0 Å². The highest BCUT2D eigenvalue weighted by atomic mass is 16.5. The molecule has 0 bridgehead atoms. The normalized spacial score (nSPS) is 19.4. The van der Waals surface area contributed by atoms with Gasteiger partial charge in [-0.25, -0.2) is 4.98 Å². The van der Waals surface area contributed by atoms with Crippen LogP contribution in [-0.4, -0.2) is 21.5 Å². The van der Waals surface area contributed by atoms with Gasteiger partial charge in [0.2, 0.25) is 5.91 Å². The summed E-state index contributed by atoms with van der Waals surface area (Å²) < 4.78 is 6.37. The fourth-order valence-electron chi connectivity index (χ4n) is 4.82. The quantitative estimate of drug-likeness (QED) is 0.694. The van der Waals surface area contributed by atoms with Crippen LogP contribution in [0.4, 0.5) is 0 Å². The Labute approximate surface area is 174 Å². The standard InChI is InChI=1S/C24H25N3O3/c28-22(12-11-21-25-18-9-3-1-8-17(18)23(29)27-21)26-19-15-24(13-5-6-14-24)30-20-10-4-2-7-16(19)20/h1-4,7-10,19H,5-6,11-15H2,(H,26,28)(H,25,27,29). The number of nitrogens with one attached hydrogen (secondary N) is 2. The maximum atomic E-state index is 12.8. The number of aromatic amines is 1. The van der Waals surface area contributed by atoms with Gasteiger partial charge in [-0.3, -0.25) is 9.59 Å². The molecule has 1 aliphatic carbocycles. The smallest absolute Gasteiger partial charge is 0.258 e. The molecule has 2 aromatic carbocycles. The number of hydrogen-bond donors (Lipinski definition) is 2. The second-order valence-corrected chi connectivity index (χ2v) is 8.38. The van der Waals surface area contributed by atoms with Gasteiger partial charge in [0, 0.05) is 24.8 Å². The molecule has 1 saturated carbocycles. The van der Waals surface area contributed by atoms with E-state index in [4.69, 9.17) is 4.74 Å². The van der Waals surface area contributed by atoms with E-state index in [1.807, 2.05) is 42.5 Å². The van der Waals surface area contributed by atoms with Crippen LogP contribution >= 0.6 is 0 Å². The predicted octanol–water partition coefficient (Wildman–Crippen LogP) is 3.81. The van der Waals surface area contributed by atoms with Crippen molar-refractivity contribution in [3.8, 4) is 5.75 Å². The van der Waals surface area contributed by atoms with Crippen LogP contribution in [0.1, 0.15) is 56.0 Å². The molecule has 2 heterocycles. The summed E-state index contributed by atoms with van der Waals surface area (Å²) in [6.07, 6.45) is 5.89. The summed E-state index contributed by atoms with van der Waals surface area (Å²) in [7, 11) is 0. The number of carbonyl (C=O) groups is 1. The number of ether oxygens (including phenoxy) is 1. The first kappa shape index (κ1) is 18.9. The number of rotatable bonds is 4. The molecular formula is C24H25N3O3. The number of H-pyrrole nitrogens is 1. The maximum absolute atomic E-state index is 12.8. The summed E-state index contributed by atoms with van der Waals surface area (Å²) in [6.45, 7) is 0. The van der Waals surface area contributed by atoms with Crippen molar-refractivity contribution >= 4 is 16.8 Å². The number of nitrogens with zero attached hydrogens (tertiary/aromatic N) is 1. The number of amides is 1. The van der Waals surface area contributed by atoms with Gasteiger partial charge in [0.05, 0.1) is 16.9 Å². The van der Waals surface area contributed by atoms with E-state index in [1.54, 1.807) is 6.07 Å². The van der Waals surface area contributed by atoms with Crippen LogP contribution in [-0.2, 0) is 11.2 Å². The molecule has 1 atom stereocenters. The van der Waals surface area contributed by atoms with Crippen LogP contribution in [0.3, 0.4) is 0 Å². The number of carbonyl (C=O) groups excluding carboxylic acids is 1. The van der Waals surface area contributed by atoms with E-state index in [0.717, 1.165) is 30.6 Å². The molecule has 2 aliphatic rings. The van der Waals surface area contributed by atoms with Crippen molar-refractivity contribution in [2.45, 2.75) is 56.6 Å². The summed E-state index contributed by atoms with van der Waals surface area (Å²) in [5.41, 5.74) is 1.37. The highest BCUT2D eigenvalue weighted by Gasteiger charge is 2.43. The minimum absolute atomic E-state index is 0.0411. The van der Waals surface area contributed by atoms with Gasteiger partial charge >= 0.3 is 0 Å². The first-order valence-corrected chi connectivity index (χ1v) is 10.7. The highest BCUT2D eigenvalue weighted by molar-refractivity contribution is 5.78. The summed E-state index contributed by atoms with van der Waals surface area (Å²) >= 11 is 0. The third kappa shape index (κ3) is 3.58. The van der Waals surface area contributed by atoms with E-state index in [9.17, 15) is 9.59 Å². The number of hydrogen-bond acceptors (Lipinski definition) is 4. The van der Waals surface area contributed by atoms with Gasteiger partial charge in [-0.2, -0.15) is 0 Å². The van der Waals surface area contributed by atoms with Crippen molar-refractivity contribution in [3.05, 3.63) is 70.3 Å². The molecule has 1 aliphatic heterocycles. The van der Waals surface area contributed by atoms with Gasteiger partial charge in [0.1, 0.15) is 17.2 Å². The van der Waals surface area contributed by atoms with E-state index < -0.39 is 0 Å². The zero-order chi connectivity index (χ0) is 20.6. The van der Waals surface area contributed by atoms with Gasteiger partial charge in [-0.05, 0) is 43.9 Å². The Morgan fingerprint density at radius 2 is 1.90 bits per heavy atom. The number of aromatic nitrogens is 2. The first-order chi connectivity index (χ1) is 14.6. The first-order valence-electron chi connectivity index (χ1n) is 10.7. The van der Waals surface area contributed by atoms with Crippen LogP contribution in [0.2, 0.25) is 0 Å². The van der Waals surface area contributed by atoms with Crippen LogP contribution in [0, 0.1) is 0 Å². The third-order valence-electron chi connectivity index (χ3n) is 6.30. The zero-order valence-electron chi connectivity index (χ0n) is 16.8. The summed E-state index contributed by atoms with van der Waals surface area (Å²) in [5, 5.41) is 3.77. The van der Waals surface area contributed by atoms with Crippen LogP contribution in [0.15, 0.2) is 53.3 Å². The summed E-state index contributed by atoms with van der Waals surface area (Å²) in [5.74, 6) is 1.38. The molecular weight excluding hydrogens is 378 g/mol. The Kier molecular flexibility index (Phi) is 4.77. The molecule has 6 heteroatoms. The molecule has 30 heavy (non-hydrogen) atoms. The largest absolute Gasteiger partial charge is 0.487 e. The average molecular weight is 403 g/mol. The van der Waals surface area contributed by atoms with Gasteiger partial charge in [-0.15, -0.1) is 0 Å². The van der Waals surface area contributed by atoms with E-state index in [1.165, 1.54) is 12.8 Å². The van der Waals surface area contributed by atoms with E-state index in [0.29, 0.717) is 23.1 Å². The number of benzene rings is 2. The molecule has 1 aromatic heterocycles. The molecule has 1 amide bonds. The van der Waals surface area contributed by atoms with Crippen LogP contribution < -0.4 is 15.6 Å². The van der Waals surface area contributed by atoms with Crippen molar-refractivity contribution in [2.75, 3.05) is 0 Å². The molecule has 0 saturated heterocycles. The number of fused-ring (bicyclic) bond motifs is 2. The van der Waals surface area contributed by atoms with Gasteiger partial charge < -0.3 is 15.0 Å². The lowest BCUT2D eigenvalue weighted by molar-refractivity contribution is -0.122. The monoisotopic (exact) mass is 403 g/mol. The molecule has 5 rings (SSSR count). The van der Waals surface area contributed by atoms with E-state index in [-0.39, 0.29) is 29.5 Å². The molecule has 6 nitrogen and oxygen atoms in total. The molecule has 1 unspecified atom stereocenters. The molecule has 2 N–H and O–H groups in total. The van der Waals surface area contributed by atoms with Crippen molar-refractivity contribution in [1.82, 2.24) is 15.3 Å². The average Bonchev–Trinajstić information content (AvgIpc) is 3.19. The number of aryl methyl sites for hydroxylation is 1. The highest BCUT2D eigenvalue weighted by Crippen LogP contribution is 2.46. The fourth-order valence-corrected chi connectivity index (χ4v) is 4.82. The van der Waals surface area contributed by atoms with Crippen LogP contribution in [0.5, 0.6) is 5.75 Å². The lowest BCUT2D eigenvalue weighted by Crippen LogP contribution is -2.43. The van der Waals surface area contributed by atoms with Crippen molar-refractivity contribution in [1.29, 1.82) is 0 Å². The second-order valence-electron chi connectivity index (χ2n) is 8.38. The molecule has 0 radical (unpaired) electrons. The van der Waals surface area contributed by atoms with E-state index >= 15 is 0 Å². The Morgan fingerprint density at radius 1 is 1.13 bits per heavy atom. The van der Waals surface area contributed by atoms with Crippen molar-refractivity contribution < 1.29 is 9.53 Å². The van der Waals surface area contributed by atoms with Crippen LogP contribution in [0.25, 0.3) is 10.9 Å². The molecule has 1 spiro atoms. The molecule has 1 fully saturated rings. The van der Waals surface area contributed by atoms with Gasteiger partial charge in [0.25, 0.3) is 5.56 Å². The van der Waals surface area contributed by atoms with Gasteiger partial charge in [0.15, 0.2) is 0 Å². The Hall–Kier alpha value is -3.15. The van der Waals surface area contributed by atoms with E-state index in [2.05, 4.69) is 15.3 Å². The molecule has 3 aromatic rings. The zero-order valence-corrected chi connectivity index (χ0v) is 16.8. The topological polar surface area (TPSA) is 84.1 Å². The fraction of sp³-hybridized carbons (Fsp3) is 0.375. The lowest BCUT2D eigenvalue weighted by atomic mass is 9.86. The Morgan fingerprint density at radius 3 is 2.77 bits per heavy atom. The minimum Gasteiger partial charge on any atom is -0.487 e. The SMILES string of the molecule is O=C(CCc1nc2ccccc2c(=O)[nH]1)NC1CC2(CCCC2)Oc2ccccc21. The van der Waals surface area contributed by atoms with Gasteiger partial charge in [-0.1, -0.05) is 30.3 Å². The third-order valence-corrected chi connectivity index (χ3v) is 6.30. The lowest BCUT2D eigenvalue weighted by Gasteiger charge is -2.40.